The van der Waals surface area contributed by atoms with Gasteiger partial charge in [0.05, 0.1) is 5.71 Å². The van der Waals surface area contributed by atoms with Crippen molar-refractivity contribution < 1.29 is 9.59 Å². The van der Waals surface area contributed by atoms with E-state index >= 15 is 0 Å². The van der Waals surface area contributed by atoms with Crippen LogP contribution in [0.4, 0.5) is 0 Å². The zero-order valence-corrected chi connectivity index (χ0v) is 14.9. The molecule has 1 saturated heterocycles. The predicted molar refractivity (Wildman–Crippen MR) is 94.2 cm³/mol. The molecule has 6 heteroatoms. The molecule has 0 aromatic heterocycles. The second-order valence-electron chi connectivity index (χ2n) is 5.58. The molecule has 1 aromatic carbocycles. The summed E-state index contributed by atoms with van der Waals surface area (Å²) in [6, 6.07) is 7.80. The molecule has 0 radical (unpaired) electrons. The Morgan fingerprint density at radius 1 is 1.35 bits per heavy atom. The molecule has 1 aliphatic heterocycles. The lowest BCUT2D eigenvalue weighted by Crippen LogP contribution is -2.39. The molecule has 0 bridgehead atoms. The predicted octanol–water partition coefficient (Wildman–Crippen LogP) is 3.08. The van der Waals surface area contributed by atoms with Crippen LogP contribution in [-0.2, 0) is 9.59 Å². The quantitative estimate of drug-likeness (QED) is 0.630. The highest BCUT2D eigenvalue weighted by Crippen LogP contribution is 2.14. The standard InChI is InChI=1S/C17H22BrN3O2/c1-2-15(13-7-6-8-14(18)11-13)19-20-16(22)12-21-10-5-3-4-9-17(21)23/h6-8,11H,2-5,9-10,12H2,1H3,(H,20,22)/b19-15-. The van der Waals surface area contributed by atoms with Crippen LogP contribution in [0.3, 0.4) is 0 Å². The third kappa shape index (κ3) is 5.46. The minimum Gasteiger partial charge on any atom is -0.333 e. The fraction of sp³-hybridized carbons (Fsp3) is 0.471. The second kappa shape index (κ2) is 8.82. The van der Waals surface area contributed by atoms with Gasteiger partial charge in [0.2, 0.25) is 5.91 Å². The molecular weight excluding hydrogens is 358 g/mol. The van der Waals surface area contributed by atoms with Crippen LogP contribution in [0.25, 0.3) is 0 Å². The number of hydrogen-bond donors (Lipinski definition) is 1. The van der Waals surface area contributed by atoms with E-state index in [1.54, 1.807) is 4.90 Å². The lowest BCUT2D eigenvalue weighted by Gasteiger charge is -2.19. The summed E-state index contributed by atoms with van der Waals surface area (Å²) >= 11 is 3.43. The minimum atomic E-state index is -0.249. The molecule has 23 heavy (non-hydrogen) atoms. The number of rotatable bonds is 5. The maximum Gasteiger partial charge on any atom is 0.259 e. The van der Waals surface area contributed by atoms with E-state index in [9.17, 15) is 9.59 Å². The number of halogens is 1. The smallest absolute Gasteiger partial charge is 0.259 e. The Hall–Kier alpha value is -1.69. The molecule has 1 aliphatic rings. The van der Waals surface area contributed by atoms with Crippen LogP contribution in [0.5, 0.6) is 0 Å². The minimum absolute atomic E-state index is 0.0596. The number of amides is 2. The average Bonchev–Trinajstić information content (AvgIpc) is 2.73. The lowest BCUT2D eigenvalue weighted by molar-refractivity contribution is -0.135. The van der Waals surface area contributed by atoms with E-state index in [1.165, 1.54) is 0 Å². The lowest BCUT2D eigenvalue weighted by atomic mass is 10.1. The molecule has 1 N–H and O–H groups in total. The van der Waals surface area contributed by atoms with Crippen LogP contribution in [0.1, 0.15) is 44.6 Å². The largest absolute Gasteiger partial charge is 0.333 e. The number of nitrogens with zero attached hydrogens (tertiary/aromatic N) is 2. The fourth-order valence-electron chi connectivity index (χ4n) is 2.56. The number of carbonyl (C=O) groups is 2. The van der Waals surface area contributed by atoms with Gasteiger partial charge in [-0.2, -0.15) is 5.10 Å². The highest BCUT2D eigenvalue weighted by molar-refractivity contribution is 9.10. The van der Waals surface area contributed by atoms with Gasteiger partial charge in [0, 0.05) is 17.4 Å². The summed E-state index contributed by atoms with van der Waals surface area (Å²) in [5.41, 5.74) is 4.35. The first-order valence-electron chi connectivity index (χ1n) is 7.99. The molecule has 0 unspecified atom stereocenters. The molecule has 5 nitrogen and oxygen atoms in total. The Kier molecular flexibility index (Phi) is 6.77. The molecule has 124 valence electrons. The van der Waals surface area contributed by atoms with Crippen LogP contribution < -0.4 is 5.43 Å². The van der Waals surface area contributed by atoms with E-state index in [-0.39, 0.29) is 18.4 Å². The van der Waals surface area contributed by atoms with Crippen LogP contribution >= 0.6 is 15.9 Å². The Balaban J connectivity index is 1.96. The monoisotopic (exact) mass is 379 g/mol. The Morgan fingerprint density at radius 3 is 2.91 bits per heavy atom. The first-order chi connectivity index (χ1) is 11.1. The fourth-order valence-corrected chi connectivity index (χ4v) is 2.96. The zero-order chi connectivity index (χ0) is 16.7. The maximum absolute atomic E-state index is 12.1. The average molecular weight is 380 g/mol. The summed E-state index contributed by atoms with van der Waals surface area (Å²) in [4.78, 5) is 25.6. The van der Waals surface area contributed by atoms with E-state index in [4.69, 9.17) is 0 Å². The van der Waals surface area contributed by atoms with E-state index in [1.807, 2.05) is 31.2 Å². The summed E-state index contributed by atoms with van der Waals surface area (Å²) in [6.45, 7) is 2.73. The van der Waals surface area contributed by atoms with Gasteiger partial charge in [-0.1, -0.05) is 41.4 Å². The summed E-state index contributed by atoms with van der Waals surface area (Å²) in [5, 5.41) is 4.23. The van der Waals surface area contributed by atoms with Crippen LogP contribution in [-0.4, -0.2) is 35.5 Å². The first kappa shape index (κ1) is 17.7. The Morgan fingerprint density at radius 2 is 2.17 bits per heavy atom. The van der Waals surface area contributed by atoms with Gasteiger partial charge in [-0.25, -0.2) is 5.43 Å². The van der Waals surface area contributed by atoms with Gasteiger partial charge in [0.1, 0.15) is 6.54 Å². The molecule has 1 fully saturated rings. The number of carbonyl (C=O) groups excluding carboxylic acids is 2. The molecule has 1 aromatic rings. The highest BCUT2D eigenvalue weighted by Gasteiger charge is 2.19. The molecule has 0 saturated carbocycles. The molecule has 0 aliphatic carbocycles. The van der Waals surface area contributed by atoms with Gasteiger partial charge < -0.3 is 4.90 Å². The SMILES string of the molecule is CC/C(=N/NC(=O)CN1CCCCCC1=O)c1cccc(Br)c1. The van der Waals surface area contributed by atoms with E-state index in [0.717, 1.165) is 35.0 Å². The number of likely N-dealkylation sites (tertiary alicyclic amines) is 1. The molecule has 0 spiro atoms. The topological polar surface area (TPSA) is 61.8 Å². The van der Waals surface area contributed by atoms with E-state index in [2.05, 4.69) is 26.5 Å². The number of hydrogen-bond acceptors (Lipinski definition) is 3. The van der Waals surface area contributed by atoms with Gasteiger partial charge in [-0.3, -0.25) is 9.59 Å². The van der Waals surface area contributed by atoms with Crippen molar-refractivity contribution in [1.29, 1.82) is 0 Å². The molecule has 2 rings (SSSR count). The Bertz CT molecular complexity index is 601. The van der Waals surface area contributed by atoms with E-state index < -0.39 is 0 Å². The Labute approximate surface area is 145 Å². The number of hydrazone groups is 1. The number of nitrogens with one attached hydrogen (secondary N) is 1. The van der Waals surface area contributed by atoms with Crippen LogP contribution in [0.15, 0.2) is 33.8 Å². The number of benzene rings is 1. The van der Waals surface area contributed by atoms with Gasteiger partial charge in [0.15, 0.2) is 0 Å². The highest BCUT2D eigenvalue weighted by atomic mass is 79.9. The molecule has 2 amide bonds. The second-order valence-corrected chi connectivity index (χ2v) is 6.50. The third-order valence-electron chi connectivity index (χ3n) is 3.81. The van der Waals surface area contributed by atoms with E-state index in [0.29, 0.717) is 19.4 Å². The van der Waals surface area contributed by atoms with Crippen molar-refractivity contribution in [2.45, 2.75) is 39.0 Å². The van der Waals surface area contributed by atoms with Crippen molar-refractivity contribution in [3.8, 4) is 0 Å². The third-order valence-corrected chi connectivity index (χ3v) is 4.31. The summed E-state index contributed by atoms with van der Waals surface area (Å²) in [5.74, 6) is -0.189. The maximum atomic E-state index is 12.1. The summed E-state index contributed by atoms with van der Waals surface area (Å²) < 4.78 is 0.970. The van der Waals surface area contributed by atoms with Crippen molar-refractivity contribution in [2.24, 2.45) is 5.10 Å². The van der Waals surface area contributed by atoms with Crippen molar-refractivity contribution in [2.75, 3.05) is 13.1 Å². The van der Waals surface area contributed by atoms with Gasteiger partial charge in [-0.15, -0.1) is 0 Å². The summed E-state index contributed by atoms with van der Waals surface area (Å²) in [7, 11) is 0. The van der Waals surface area contributed by atoms with Gasteiger partial charge in [-0.05, 0) is 37.0 Å². The first-order valence-corrected chi connectivity index (χ1v) is 8.78. The van der Waals surface area contributed by atoms with Crippen molar-refractivity contribution >= 4 is 33.5 Å². The normalized spacial score (nSPS) is 16.2. The zero-order valence-electron chi connectivity index (χ0n) is 13.3. The summed E-state index contributed by atoms with van der Waals surface area (Å²) in [6.07, 6.45) is 4.16. The molecular formula is C17H22BrN3O2. The van der Waals surface area contributed by atoms with Crippen molar-refractivity contribution in [1.82, 2.24) is 10.3 Å². The van der Waals surface area contributed by atoms with Gasteiger partial charge in [0.25, 0.3) is 5.91 Å². The van der Waals surface area contributed by atoms with Crippen molar-refractivity contribution in [3.05, 3.63) is 34.3 Å². The van der Waals surface area contributed by atoms with Crippen molar-refractivity contribution in [3.63, 3.8) is 0 Å². The van der Waals surface area contributed by atoms with Crippen LogP contribution in [0.2, 0.25) is 0 Å². The van der Waals surface area contributed by atoms with Gasteiger partial charge >= 0.3 is 0 Å². The molecule has 0 atom stereocenters. The molecule has 1 heterocycles. The van der Waals surface area contributed by atoms with Crippen LogP contribution in [0, 0.1) is 0 Å².